The summed E-state index contributed by atoms with van der Waals surface area (Å²) in [7, 11) is 1.51. The van der Waals surface area contributed by atoms with Gasteiger partial charge >= 0.3 is 11.9 Å². The number of esters is 2. The SMILES string of the molecule is COc1ccc(CC2NC(=O)/C=C/C[C@@H]([C@@H](C)[C@H]3O[C@@H]3c3ccccc3)OC(=O)[C@H](CC(C)C)OC(=O)[C@H](C)CNC2=O)cc1Cl. The number of hydrogen-bond acceptors (Lipinski definition) is 8. The maximum Gasteiger partial charge on any atom is 0.347 e. The molecule has 248 valence electrons. The molecule has 46 heavy (non-hydrogen) atoms. The summed E-state index contributed by atoms with van der Waals surface area (Å²) in [5.74, 6) is -2.78. The van der Waals surface area contributed by atoms with Crippen LogP contribution in [0.25, 0.3) is 0 Å². The summed E-state index contributed by atoms with van der Waals surface area (Å²) in [4.78, 5) is 52.9. The van der Waals surface area contributed by atoms with E-state index in [4.69, 9.17) is 30.5 Å². The average molecular weight is 655 g/mol. The Hall–Kier alpha value is -3.89. The first kappa shape index (κ1) is 35.0. The van der Waals surface area contributed by atoms with Crippen molar-refractivity contribution < 1.29 is 38.1 Å². The van der Waals surface area contributed by atoms with E-state index in [0.717, 1.165) is 5.56 Å². The van der Waals surface area contributed by atoms with Gasteiger partial charge in [-0.05, 0) is 41.7 Å². The van der Waals surface area contributed by atoms with Crippen LogP contribution in [0.15, 0.2) is 60.7 Å². The summed E-state index contributed by atoms with van der Waals surface area (Å²) in [6.07, 6.45) is 1.40. The quantitative estimate of drug-likeness (QED) is 0.308. The van der Waals surface area contributed by atoms with Crippen molar-refractivity contribution in [2.75, 3.05) is 13.7 Å². The molecule has 11 heteroatoms. The molecule has 0 aliphatic carbocycles. The number of rotatable bonds is 8. The highest BCUT2D eigenvalue weighted by Gasteiger charge is 2.47. The minimum atomic E-state index is -1.13. The topological polar surface area (TPSA) is 133 Å². The number of epoxide rings is 1. The van der Waals surface area contributed by atoms with Crippen LogP contribution in [-0.2, 0) is 39.8 Å². The van der Waals surface area contributed by atoms with Gasteiger partial charge in [-0.2, -0.15) is 0 Å². The van der Waals surface area contributed by atoms with Crippen molar-refractivity contribution in [3.8, 4) is 5.75 Å². The van der Waals surface area contributed by atoms with Gasteiger partial charge in [0.2, 0.25) is 11.8 Å². The van der Waals surface area contributed by atoms with Gasteiger partial charge in [0.15, 0.2) is 6.10 Å². The molecule has 2 aromatic rings. The second-order valence-electron chi connectivity index (χ2n) is 12.3. The van der Waals surface area contributed by atoms with Gasteiger partial charge in [-0.25, -0.2) is 4.79 Å². The maximum absolute atomic E-state index is 13.5. The van der Waals surface area contributed by atoms with E-state index in [1.54, 1.807) is 31.2 Å². The molecule has 2 aliphatic heterocycles. The fourth-order valence-corrected chi connectivity index (χ4v) is 5.67. The molecule has 10 nitrogen and oxygen atoms in total. The van der Waals surface area contributed by atoms with E-state index in [9.17, 15) is 19.2 Å². The van der Waals surface area contributed by atoms with Gasteiger partial charge in [0, 0.05) is 25.3 Å². The smallest absolute Gasteiger partial charge is 0.347 e. The number of amides is 2. The van der Waals surface area contributed by atoms with E-state index in [0.29, 0.717) is 16.3 Å². The third kappa shape index (κ3) is 9.56. The van der Waals surface area contributed by atoms with Crippen LogP contribution in [0.4, 0.5) is 0 Å². The van der Waals surface area contributed by atoms with Crippen molar-refractivity contribution in [3.63, 3.8) is 0 Å². The third-order valence-corrected chi connectivity index (χ3v) is 8.44. The van der Waals surface area contributed by atoms with Gasteiger partial charge in [0.1, 0.15) is 24.0 Å². The number of ether oxygens (including phenoxy) is 4. The van der Waals surface area contributed by atoms with Crippen LogP contribution in [-0.4, -0.2) is 61.8 Å². The van der Waals surface area contributed by atoms with Crippen molar-refractivity contribution in [1.29, 1.82) is 0 Å². The van der Waals surface area contributed by atoms with E-state index in [-0.39, 0.29) is 49.9 Å². The van der Waals surface area contributed by atoms with E-state index in [1.807, 2.05) is 51.1 Å². The molecule has 4 rings (SSSR count). The van der Waals surface area contributed by atoms with Gasteiger partial charge in [-0.15, -0.1) is 0 Å². The zero-order valence-corrected chi connectivity index (χ0v) is 27.6. The van der Waals surface area contributed by atoms with Gasteiger partial charge < -0.3 is 29.6 Å². The standard InChI is InChI=1S/C35H43ClN2O8/c1-20(2)16-29-35(42)44-27(22(4)31-32(46-31)24-10-7-6-8-11-24)12-9-13-30(39)38-26(33(40)37-19-21(3)34(41)45-29)18-23-14-15-28(43-5)25(36)17-23/h6-11,13-15,17,20-22,26-27,29,31-32H,12,16,18-19H2,1-5H3,(H,37,40)(H,38,39)/b13-9+/t21-,22-,26?,27+,29+,31-,32-/m1/s1. The number of nitrogens with one attached hydrogen (secondary N) is 2. The molecule has 0 bridgehead atoms. The highest BCUT2D eigenvalue weighted by atomic mass is 35.5. The zero-order chi connectivity index (χ0) is 33.4. The highest BCUT2D eigenvalue weighted by molar-refractivity contribution is 6.32. The van der Waals surface area contributed by atoms with Crippen molar-refractivity contribution in [2.24, 2.45) is 17.8 Å². The average Bonchev–Trinajstić information content (AvgIpc) is 3.83. The number of hydrogen-bond donors (Lipinski definition) is 2. The minimum Gasteiger partial charge on any atom is -0.495 e. The van der Waals surface area contributed by atoms with Crippen molar-refractivity contribution in [2.45, 2.75) is 77.4 Å². The Morgan fingerprint density at radius 3 is 2.41 bits per heavy atom. The van der Waals surface area contributed by atoms with E-state index < -0.39 is 47.9 Å². The Morgan fingerprint density at radius 1 is 1.00 bits per heavy atom. The van der Waals surface area contributed by atoms with Crippen LogP contribution < -0.4 is 15.4 Å². The number of benzene rings is 2. The van der Waals surface area contributed by atoms with Crippen LogP contribution >= 0.6 is 11.6 Å². The lowest BCUT2D eigenvalue weighted by atomic mass is 9.93. The van der Waals surface area contributed by atoms with Gasteiger partial charge in [0.25, 0.3) is 0 Å². The molecule has 0 aromatic heterocycles. The first-order valence-corrected chi connectivity index (χ1v) is 16.0. The highest BCUT2D eigenvalue weighted by Crippen LogP contribution is 2.45. The Morgan fingerprint density at radius 2 is 1.74 bits per heavy atom. The van der Waals surface area contributed by atoms with Crippen LogP contribution in [0.1, 0.15) is 57.8 Å². The predicted molar refractivity (Wildman–Crippen MR) is 172 cm³/mol. The minimum absolute atomic E-state index is 0.0341. The normalized spacial score (nSPS) is 27.5. The molecule has 2 heterocycles. The number of methoxy groups -OCH3 is 1. The summed E-state index contributed by atoms with van der Waals surface area (Å²) in [6.45, 7) is 7.31. The van der Waals surface area contributed by atoms with Gasteiger partial charge in [-0.1, -0.05) is 81.8 Å². The number of halogens is 1. The second-order valence-corrected chi connectivity index (χ2v) is 12.7. The molecule has 2 aliphatic rings. The zero-order valence-electron chi connectivity index (χ0n) is 26.9. The molecule has 0 saturated carbocycles. The summed E-state index contributed by atoms with van der Waals surface area (Å²) < 4.78 is 22.9. The summed E-state index contributed by atoms with van der Waals surface area (Å²) in [6, 6.07) is 13.9. The van der Waals surface area contributed by atoms with Gasteiger partial charge in [-0.3, -0.25) is 14.4 Å². The van der Waals surface area contributed by atoms with Crippen LogP contribution in [0.3, 0.4) is 0 Å². The molecule has 2 aromatic carbocycles. The Bertz CT molecular complexity index is 1410. The van der Waals surface area contributed by atoms with Crippen LogP contribution in [0.5, 0.6) is 5.75 Å². The lowest BCUT2D eigenvalue weighted by Crippen LogP contribution is -2.49. The van der Waals surface area contributed by atoms with E-state index in [1.165, 1.54) is 13.2 Å². The third-order valence-electron chi connectivity index (χ3n) is 8.14. The molecule has 1 saturated heterocycles. The summed E-state index contributed by atoms with van der Waals surface area (Å²) in [5, 5.41) is 5.86. The largest absolute Gasteiger partial charge is 0.495 e. The fourth-order valence-electron chi connectivity index (χ4n) is 5.39. The van der Waals surface area contributed by atoms with Crippen molar-refractivity contribution >= 4 is 35.4 Å². The van der Waals surface area contributed by atoms with E-state index in [2.05, 4.69) is 10.6 Å². The van der Waals surface area contributed by atoms with E-state index >= 15 is 0 Å². The molecular weight excluding hydrogens is 612 g/mol. The Labute approximate surface area is 275 Å². The van der Waals surface area contributed by atoms with Crippen LogP contribution in [0, 0.1) is 17.8 Å². The Kier molecular flexibility index (Phi) is 12.2. The number of carbonyl (C=O) groups is 4. The van der Waals surface area contributed by atoms with Gasteiger partial charge in [0.05, 0.1) is 24.2 Å². The molecule has 0 radical (unpaired) electrons. The predicted octanol–water partition coefficient (Wildman–Crippen LogP) is 4.73. The fraction of sp³-hybridized carbons (Fsp3) is 0.486. The Balaban J connectivity index is 1.58. The molecule has 7 atom stereocenters. The monoisotopic (exact) mass is 654 g/mol. The lowest BCUT2D eigenvalue weighted by Gasteiger charge is -2.27. The molecule has 0 spiro atoms. The maximum atomic E-state index is 13.5. The van der Waals surface area contributed by atoms with Crippen molar-refractivity contribution in [1.82, 2.24) is 10.6 Å². The first-order chi connectivity index (χ1) is 22.0. The molecule has 1 unspecified atom stereocenters. The molecular formula is C35H43ClN2O8. The number of carbonyl (C=O) groups excluding carboxylic acids is 4. The molecule has 2 N–H and O–H groups in total. The summed E-state index contributed by atoms with van der Waals surface area (Å²) in [5.41, 5.74) is 1.73. The van der Waals surface area contributed by atoms with Crippen LogP contribution in [0.2, 0.25) is 5.02 Å². The molecule has 1 fully saturated rings. The number of cyclic esters (lactones) is 2. The lowest BCUT2D eigenvalue weighted by molar-refractivity contribution is -0.176. The first-order valence-electron chi connectivity index (χ1n) is 15.6. The second kappa shape index (κ2) is 16.1. The summed E-state index contributed by atoms with van der Waals surface area (Å²) >= 11 is 6.30. The van der Waals surface area contributed by atoms with Crippen molar-refractivity contribution in [3.05, 3.63) is 76.8 Å². The molecule has 2 amide bonds.